The average Bonchev–Trinajstić information content (AvgIpc) is 2.50. The molecule has 0 aromatic heterocycles. The molecule has 0 spiro atoms. The topological polar surface area (TPSA) is 20.2 Å². The summed E-state index contributed by atoms with van der Waals surface area (Å²) in [4.78, 5) is 0. The first-order valence-corrected chi connectivity index (χ1v) is 10.1. The van der Waals surface area contributed by atoms with Crippen LogP contribution in [0.2, 0.25) is 0 Å². The van der Waals surface area contributed by atoms with E-state index in [0.717, 1.165) is 38.5 Å². The zero-order chi connectivity index (χ0) is 17.1. The van der Waals surface area contributed by atoms with Gasteiger partial charge in [0.2, 0.25) is 0 Å². The van der Waals surface area contributed by atoms with Crippen LogP contribution in [0.5, 0.6) is 0 Å². The van der Waals surface area contributed by atoms with Gasteiger partial charge in [-0.25, -0.2) is 0 Å². The van der Waals surface area contributed by atoms with Gasteiger partial charge in [0.25, 0.3) is 0 Å². The summed E-state index contributed by atoms with van der Waals surface area (Å²) in [5.74, 6) is 0. The fourth-order valence-electron chi connectivity index (χ4n) is 2.01. The van der Waals surface area contributed by atoms with E-state index < -0.39 is 27.6 Å². The summed E-state index contributed by atoms with van der Waals surface area (Å²) in [5, 5.41) is 7.39. The number of aliphatic hydroxyl groups is 1. The van der Waals surface area contributed by atoms with Crippen molar-refractivity contribution in [3.63, 3.8) is 0 Å². The highest BCUT2D eigenvalue weighted by molar-refractivity contribution is 6.36. The molecule has 0 unspecified atom stereocenters. The molecule has 6 atom stereocenters. The molecule has 0 heterocycles. The van der Waals surface area contributed by atoms with Crippen LogP contribution in [0.3, 0.4) is 0 Å². The highest BCUT2D eigenvalue weighted by Crippen LogP contribution is 2.29. The van der Waals surface area contributed by atoms with Crippen LogP contribution in [-0.2, 0) is 0 Å². The van der Waals surface area contributed by atoms with E-state index in [9.17, 15) is 5.11 Å². The normalized spacial score (nSPS) is 20.5. The van der Waals surface area contributed by atoms with Crippen molar-refractivity contribution in [2.75, 3.05) is 0 Å². The van der Waals surface area contributed by atoms with Gasteiger partial charge in [-0.3, -0.25) is 0 Å². The van der Waals surface area contributed by atoms with E-state index in [1.807, 2.05) is 6.08 Å². The fourth-order valence-corrected chi connectivity index (χ4v) is 3.51. The summed E-state index contributed by atoms with van der Waals surface area (Å²) in [6.07, 6.45) is 6.97. The maximum absolute atomic E-state index is 10.1. The van der Waals surface area contributed by atoms with E-state index in [2.05, 4.69) is 0 Å². The Morgan fingerprint density at radius 2 is 1.45 bits per heavy atom. The van der Waals surface area contributed by atoms with Crippen LogP contribution in [0, 0.1) is 0 Å². The molecular weight excluding hydrogens is 409 g/mol. The first-order chi connectivity index (χ1) is 10.3. The Balaban J connectivity index is 4.01. The van der Waals surface area contributed by atoms with Crippen molar-refractivity contribution < 1.29 is 5.11 Å². The van der Waals surface area contributed by atoms with Crippen molar-refractivity contribution in [3.05, 3.63) is 11.6 Å². The predicted molar refractivity (Wildman–Crippen MR) is 103 cm³/mol. The number of hydrogen-bond acceptors (Lipinski definition) is 1. The fraction of sp³-hybridized carbons (Fsp3) is 0.867. The van der Waals surface area contributed by atoms with Crippen LogP contribution >= 0.6 is 69.6 Å². The van der Waals surface area contributed by atoms with Gasteiger partial charge in [0.05, 0.1) is 27.6 Å². The number of alkyl halides is 5. The van der Waals surface area contributed by atoms with Crippen molar-refractivity contribution in [2.45, 2.75) is 78.4 Å². The molecule has 0 saturated heterocycles. The zero-order valence-electron chi connectivity index (χ0n) is 12.6. The largest absolute Gasteiger partial charge is 0.390 e. The standard InChI is InChI=1S/C15H24Cl6O/c1-10(17)12(19)15(22)14(21)13(20)11(18)8-6-4-2-3-5-7-9-16/h7,9-15,22H,2-6,8H2,1H3/b9-7+/t10-,11-,12-,13+,14-,15-/m1/s1. The SMILES string of the molecule is C[C@@H](Cl)[C@@H](Cl)[C@@H](O)[C@H](Cl)[C@@H](Cl)[C@H](Cl)CCCCCC/C=C/Cl. The Bertz CT molecular complexity index is 300. The minimum atomic E-state index is -0.998. The summed E-state index contributed by atoms with van der Waals surface area (Å²) in [6, 6.07) is 0. The van der Waals surface area contributed by atoms with Crippen molar-refractivity contribution in [3.8, 4) is 0 Å². The second-order valence-electron chi connectivity index (χ2n) is 5.37. The first-order valence-electron chi connectivity index (χ1n) is 7.46. The third kappa shape index (κ3) is 9.67. The van der Waals surface area contributed by atoms with Crippen molar-refractivity contribution >= 4 is 69.6 Å². The minimum Gasteiger partial charge on any atom is -0.390 e. The maximum atomic E-state index is 10.1. The van der Waals surface area contributed by atoms with Gasteiger partial charge in [0, 0.05) is 10.9 Å². The van der Waals surface area contributed by atoms with Crippen LogP contribution in [0.25, 0.3) is 0 Å². The second-order valence-corrected chi connectivity index (χ2v) is 8.38. The van der Waals surface area contributed by atoms with E-state index in [4.69, 9.17) is 69.6 Å². The molecule has 0 aliphatic heterocycles. The molecular formula is C15H24Cl6O. The molecule has 7 heteroatoms. The molecule has 0 bridgehead atoms. The Hall–Kier alpha value is 1.44. The lowest BCUT2D eigenvalue weighted by atomic mass is 10.0. The third-order valence-corrected chi connectivity index (χ3v) is 6.50. The van der Waals surface area contributed by atoms with E-state index in [0.29, 0.717) is 0 Å². The van der Waals surface area contributed by atoms with Gasteiger partial charge in [-0.1, -0.05) is 36.9 Å². The lowest BCUT2D eigenvalue weighted by Crippen LogP contribution is -2.42. The highest BCUT2D eigenvalue weighted by atomic mass is 35.5. The second kappa shape index (κ2) is 13.7. The monoisotopic (exact) mass is 430 g/mol. The van der Waals surface area contributed by atoms with Gasteiger partial charge >= 0.3 is 0 Å². The zero-order valence-corrected chi connectivity index (χ0v) is 17.1. The third-order valence-electron chi connectivity index (χ3n) is 3.43. The van der Waals surface area contributed by atoms with Gasteiger partial charge < -0.3 is 5.11 Å². The number of rotatable bonds is 12. The maximum Gasteiger partial charge on any atom is 0.0896 e. The number of unbranched alkanes of at least 4 members (excludes halogenated alkanes) is 4. The molecule has 1 N–H and O–H groups in total. The summed E-state index contributed by atoms with van der Waals surface area (Å²) in [7, 11) is 0. The van der Waals surface area contributed by atoms with Crippen molar-refractivity contribution in [2.24, 2.45) is 0 Å². The average molecular weight is 433 g/mol. The van der Waals surface area contributed by atoms with Crippen LogP contribution in [0.4, 0.5) is 0 Å². The van der Waals surface area contributed by atoms with Gasteiger partial charge in [-0.15, -0.1) is 58.0 Å². The molecule has 0 aromatic rings. The minimum absolute atomic E-state index is 0.309. The van der Waals surface area contributed by atoms with Crippen molar-refractivity contribution in [1.29, 1.82) is 0 Å². The number of halogens is 6. The molecule has 0 rings (SSSR count). The molecule has 0 amide bonds. The lowest BCUT2D eigenvalue weighted by molar-refractivity contribution is 0.160. The van der Waals surface area contributed by atoms with E-state index in [1.165, 1.54) is 0 Å². The summed E-state index contributed by atoms with van der Waals surface area (Å²) in [6.45, 7) is 1.70. The van der Waals surface area contributed by atoms with E-state index >= 15 is 0 Å². The molecule has 0 fully saturated rings. The Labute approximate surface area is 164 Å². The van der Waals surface area contributed by atoms with E-state index in [1.54, 1.807) is 12.5 Å². The Morgan fingerprint density at radius 3 is 2.00 bits per heavy atom. The number of allylic oxidation sites excluding steroid dienone is 1. The predicted octanol–water partition coefficient (Wildman–Crippen LogP) is 6.50. The smallest absolute Gasteiger partial charge is 0.0896 e. The van der Waals surface area contributed by atoms with Crippen LogP contribution in [-0.4, -0.2) is 38.1 Å². The van der Waals surface area contributed by atoms with Gasteiger partial charge in [-0.2, -0.15) is 0 Å². The van der Waals surface area contributed by atoms with Crippen LogP contribution in [0.1, 0.15) is 45.4 Å². The molecule has 1 nitrogen and oxygen atoms in total. The van der Waals surface area contributed by atoms with Crippen LogP contribution < -0.4 is 0 Å². The Morgan fingerprint density at radius 1 is 0.864 bits per heavy atom. The number of aliphatic hydroxyl groups excluding tert-OH is 1. The molecule has 0 aliphatic carbocycles. The summed E-state index contributed by atoms with van der Waals surface area (Å²) >= 11 is 36.1. The molecule has 0 saturated carbocycles. The van der Waals surface area contributed by atoms with Gasteiger partial charge in [0.15, 0.2) is 0 Å². The molecule has 0 aromatic carbocycles. The molecule has 0 radical (unpaired) electrons. The molecule has 132 valence electrons. The molecule has 22 heavy (non-hydrogen) atoms. The van der Waals surface area contributed by atoms with Crippen molar-refractivity contribution in [1.82, 2.24) is 0 Å². The highest BCUT2D eigenvalue weighted by Gasteiger charge is 2.35. The van der Waals surface area contributed by atoms with E-state index in [-0.39, 0.29) is 5.38 Å². The summed E-state index contributed by atoms with van der Waals surface area (Å²) < 4.78 is 0. The first kappa shape index (κ1) is 23.4. The van der Waals surface area contributed by atoms with Crippen LogP contribution in [0.15, 0.2) is 11.6 Å². The Kier molecular flexibility index (Phi) is 14.6. The van der Waals surface area contributed by atoms with Gasteiger partial charge in [-0.05, 0) is 26.2 Å². The lowest BCUT2D eigenvalue weighted by Gasteiger charge is -2.28. The summed E-state index contributed by atoms with van der Waals surface area (Å²) in [5.41, 5.74) is 1.55. The van der Waals surface area contributed by atoms with Gasteiger partial charge in [0.1, 0.15) is 0 Å². The molecule has 0 aliphatic rings. The quantitative estimate of drug-likeness (QED) is 0.275. The number of hydrogen-bond donors (Lipinski definition) is 1.